The van der Waals surface area contributed by atoms with Crippen LogP contribution in [0.2, 0.25) is 0 Å². The molecule has 0 aliphatic heterocycles. The van der Waals surface area contributed by atoms with Crippen molar-refractivity contribution >= 4 is 7.92 Å². The van der Waals surface area contributed by atoms with Gasteiger partial charge in [-0.05, 0) is 20.0 Å². The first kappa shape index (κ1) is 11.5. The van der Waals surface area contributed by atoms with Crippen LogP contribution in [0.5, 0.6) is 0 Å². The number of hydrogen-bond acceptors (Lipinski definition) is 0. The molecule has 0 saturated heterocycles. The predicted molar refractivity (Wildman–Crippen MR) is 38.1 cm³/mol. The molecule has 0 N–H and O–H groups in total. The van der Waals surface area contributed by atoms with Gasteiger partial charge < -0.3 is 0 Å². The van der Waals surface area contributed by atoms with Gasteiger partial charge in [0.2, 0.25) is 0 Å². The van der Waals surface area contributed by atoms with E-state index in [1.54, 1.807) is 6.92 Å². The van der Waals surface area contributed by atoms with Crippen LogP contribution < -0.4 is 0 Å². The molecule has 0 fully saturated rings. The van der Waals surface area contributed by atoms with E-state index in [2.05, 4.69) is 51.1 Å². The molecule has 0 aromatic carbocycles. The van der Waals surface area contributed by atoms with Crippen molar-refractivity contribution in [3.8, 4) is 10.1 Å². The second-order valence-corrected chi connectivity index (χ2v) is 4.89. The minimum atomic E-state index is 0.380. The third-order valence-corrected chi connectivity index (χ3v) is 0.617. The van der Waals surface area contributed by atoms with Crippen molar-refractivity contribution in [3.05, 3.63) is 0 Å². The van der Waals surface area contributed by atoms with Crippen LogP contribution in [-0.2, 0) is 21.1 Å². The molecule has 0 amide bonds. The predicted octanol–water partition coefficient (Wildman–Crippen LogP) is 1.87. The second kappa shape index (κ2) is 10.7. The largest absolute Gasteiger partial charge is 0.116 e. The molecule has 0 saturated carbocycles. The zero-order valence-corrected chi connectivity index (χ0v) is 8.81. The van der Waals surface area contributed by atoms with Crippen molar-refractivity contribution < 1.29 is 21.1 Å². The maximum atomic E-state index is 2.66. The van der Waals surface area contributed by atoms with Crippen LogP contribution in [0, 0.1) is 10.1 Å². The second-order valence-electron chi connectivity index (χ2n) is 1.67. The fourth-order valence-corrected chi connectivity index (χ4v) is 0. The van der Waals surface area contributed by atoms with Crippen LogP contribution in [-0.4, -0.2) is 20.0 Å². The van der Waals surface area contributed by atoms with Crippen LogP contribution in [0.25, 0.3) is 0 Å². The van der Waals surface area contributed by atoms with Gasteiger partial charge in [0.15, 0.2) is 0 Å². The fourth-order valence-electron chi connectivity index (χ4n) is 0. The Balaban J connectivity index is 0. The Bertz CT molecular complexity index is 69.5. The van der Waals surface area contributed by atoms with Gasteiger partial charge >= 0.3 is 38.0 Å². The molecule has 0 radical (unpaired) electrons. The molecular formula is C6H12AuP. The van der Waals surface area contributed by atoms with Crippen LogP contribution >= 0.6 is 7.92 Å². The standard InChI is InChI=1S/C3H9P.C3H3.Au/c1-4(2)3;1-3-2;/h1-3H3;1H3;. The molecule has 0 rings (SSSR count). The smallest absolute Gasteiger partial charge is 0.0449 e. The summed E-state index contributed by atoms with van der Waals surface area (Å²) in [6, 6.07) is 0. The van der Waals surface area contributed by atoms with E-state index in [4.69, 9.17) is 0 Å². The van der Waals surface area contributed by atoms with Crippen LogP contribution in [0.3, 0.4) is 0 Å². The molecule has 0 aromatic rings. The quantitative estimate of drug-likeness (QED) is 0.364. The summed E-state index contributed by atoms with van der Waals surface area (Å²) < 4.78 is 2.62. The van der Waals surface area contributed by atoms with E-state index in [0.29, 0.717) is 7.92 Å². The molecule has 2 heteroatoms. The summed E-state index contributed by atoms with van der Waals surface area (Å²) in [5, 5.41) is 0. The molecule has 0 unspecified atom stereocenters. The van der Waals surface area contributed by atoms with Gasteiger partial charge in [-0.15, -0.1) is 7.92 Å². The van der Waals surface area contributed by atoms with Crippen molar-refractivity contribution in [1.82, 2.24) is 0 Å². The minimum Gasteiger partial charge on any atom is -0.116 e. The van der Waals surface area contributed by atoms with Gasteiger partial charge in [-0.2, -0.15) is 0 Å². The molecule has 0 aliphatic rings. The average molecular weight is 312 g/mol. The Morgan fingerprint density at radius 2 is 1.38 bits per heavy atom. The number of hydrogen-bond donors (Lipinski definition) is 0. The summed E-state index contributed by atoms with van der Waals surface area (Å²) in [5.41, 5.74) is 0. The Hall–Kier alpha value is 0.730. The third kappa shape index (κ3) is 73.8. The molecule has 0 atom stereocenters. The van der Waals surface area contributed by atoms with E-state index in [1.165, 1.54) is 0 Å². The normalized spacial score (nSPS) is 6.38. The van der Waals surface area contributed by atoms with E-state index in [0.717, 1.165) is 0 Å². The summed E-state index contributed by atoms with van der Waals surface area (Å²) >= 11 is 2.14. The van der Waals surface area contributed by atoms with E-state index in [-0.39, 0.29) is 0 Å². The first-order valence-electron chi connectivity index (χ1n) is 2.24. The van der Waals surface area contributed by atoms with Crippen molar-refractivity contribution in [2.24, 2.45) is 0 Å². The minimum absolute atomic E-state index is 0.380. The fraction of sp³-hybridized carbons (Fsp3) is 0.667. The van der Waals surface area contributed by atoms with Crippen LogP contribution in [0.4, 0.5) is 0 Å². The summed E-state index contributed by atoms with van der Waals surface area (Å²) in [4.78, 5) is 0. The molecule has 52 valence electrons. The van der Waals surface area contributed by atoms with Crippen molar-refractivity contribution in [3.63, 3.8) is 0 Å². The molecule has 0 aromatic heterocycles. The Kier molecular flexibility index (Phi) is 15.4. The van der Waals surface area contributed by atoms with E-state index >= 15 is 0 Å². The molecule has 8 heavy (non-hydrogen) atoms. The number of rotatable bonds is 0. The molecule has 0 spiro atoms. The summed E-state index contributed by atoms with van der Waals surface area (Å²) in [5.74, 6) is 2.66. The first-order chi connectivity index (χ1) is 3.65. The van der Waals surface area contributed by atoms with Crippen LogP contribution in [0.1, 0.15) is 6.92 Å². The summed E-state index contributed by atoms with van der Waals surface area (Å²) in [6.07, 6.45) is 0. The van der Waals surface area contributed by atoms with Crippen molar-refractivity contribution in [2.45, 2.75) is 6.92 Å². The molecule has 0 heterocycles. The molecule has 0 nitrogen and oxygen atoms in total. The molecule has 0 aliphatic carbocycles. The summed E-state index contributed by atoms with van der Waals surface area (Å²) in [7, 11) is 0.380. The SMILES string of the molecule is CC#[C][Au].CP(C)C. The van der Waals surface area contributed by atoms with Crippen molar-refractivity contribution in [1.29, 1.82) is 0 Å². The zero-order chi connectivity index (χ0) is 6.99. The van der Waals surface area contributed by atoms with E-state index < -0.39 is 0 Å². The summed E-state index contributed by atoms with van der Waals surface area (Å²) in [6.45, 7) is 8.50. The molecular weight excluding hydrogens is 300 g/mol. The van der Waals surface area contributed by atoms with Gasteiger partial charge in [-0.3, -0.25) is 0 Å². The van der Waals surface area contributed by atoms with Gasteiger partial charge in [0.25, 0.3) is 0 Å². The Morgan fingerprint density at radius 1 is 1.25 bits per heavy atom. The third-order valence-electron chi connectivity index (χ3n) is 0.0754. The molecule has 0 bridgehead atoms. The van der Waals surface area contributed by atoms with E-state index in [9.17, 15) is 0 Å². The Morgan fingerprint density at radius 3 is 1.38 bits per heavy atom. The van der Waals surface area contributed by atoms with Crippen molar-refractivity contribution in [2.75, 3.05) is 20.0 Å². The monoisotopic (exact) mass is 312 g/mol. The first-order valence-corrected chi connectivity index (χ1v) is 6.01. The van der Waals surface area contributed by atoms with Gasteiger partial charge in [0, 0.05) is 0 Å². The van der Waals surface area contributed by atoms with Gasteiger partial charge in [0.05, 0.1) is 0 Å². The van der Waals surface area contributed by atoms with Crippen LogP contribution in [0.15, 0.2) is 0 Å². The van der Waals surface area contributed by atoms with Gasteiger partial charge in [-0.25, -0.2) is 0 Å². The average Bonchev–Trinajstić information content (AvgIpc) is 1.65. The topological polar surface area (TPSA) is 0 Å². The Labute approximate surface area is 66.1 Å². The van der Waals surface area contributed by atoms with E-state index in [1.807, 2.05) is 0 Å². The maximum Gasteiger partial charge on any atom is -0.0449 e. The van der Waals surface area contributed by atoms with Gasteiger partial charge in [-0.1, -0.05) is 0 Å². The zero-order valence-electron chi connectivity index (χ0n) is 5.75. The maximum absolute atomic E-state index is 2.66. The van der Waals surface area contributed by atoms with Gasteiger partial charge in [0.1, 0.15) is 0 Å².